The number of nitrogens with one attached hydrogen (secondary N) is 2. The van der Waals surface area contributed by atoms with Crippen molar-refractivity contribution >= 4 is 39.3 Å². The van der Waals surface area contributed by atoms with Crippen LogP contribution in [0.25, 0.3) is 0 Å². The van der Waals surface area contributed by atoms with Crippen LogP contribution in [0.1, 0.15) is 6.92 Å². The van der Waals surface area contributed by atoms with Crippen LogP contribution in [0.3, 0.4) is 0 Å². The monoisotopic (exact) mass is 364 g/mol. The number of hydrogen-bond donors (Lipinski definition) is 2. The van der Waals surface area contributed by atoms with Gasteiger partial charge in [-0.2, -0.15) is 0 Å². The molecule has 0 aliphatic rings. The maximum atomic E-state index is 11.4. The predicted molar refractivity (Wildman–Crippen MR) is 77.4 cm³/mol. The lowest BCUT2D eigenvalue weighted by molar-refractivity contribution is -0.132. The molecule has 0 radical (unpaired) electrons. The number of hydrogen-bond acceptors (Lipinski definition) is 4. The predicted octanol–water partition coefficient (Wildman–Crippen LogP) is 1.67. The van der Waals surface area contributed by atoms with Crippen molar-refractivity contribution < 1.29 is 19.1 Å². The molecule has 0 aromatic heterocycles. The fourth-order valence-corrected chi connectivity index (χ4v) is 1.94. The molecule has 0 heterocycles. The molecule has 8 heteroatoms. The van der Waals surface area contributed by atoms with Gasteiger partial charge in [0.15, 0.2) is 6.61 Å². The summed E-state index contributed by atoms with van der Waals surface area (Å²) in [5, 5.41) is 0.553. The number of amides is 2. The molecule has 0 saturated carbocycles. The Morgan fingerprint density at radius 2 is 1.90 bits per heavy atom. The van der Waals surface area contributed by atoms with Gasteiger partial charge in [0.25, 0.3) is 11.8 Å². The summed E-state index contributed by atoms with van der Waals surface area (Å²) in [5.41, 5.74) is 4.41. The molecule has 1 rings (SSSR count). The van der Waals surface area contributed by atoms with Gasteiger partial charge in [-0.15, -0.1) is 0 Å². The average molecular weight is 366 g/mol. The third-order valence-electron chi connectivity index (χ3n) is 2.03. The summed E-state index contributed by atoms with van der Waals surface area (Å²) in [6, 6.07) is 4.93. The van der Waals surface area contributed by atoms with E-state index in [1.54, 1.807) is 25.1 Å². The van der Waals surface area contributed by atoms with E-state index < -0.39 is 11.8 Å². The van der Waals surface area contributed by atoms with Crippen LogP contribution in [0.2, 0.25) is 5.02 Å². The first-order valence-corrected chi connectivity index (χ1v) is 6.93. The van der Waals surface area contributed by atoms with Crippen LogP contribution in [0, 0.1) is 0 Å². The number of carbonyl (C=O) groups excluding carboxylic acids is 2. The minimum absolute atomic E-state index is 0.111. The summed E-state index contributed by atoms with van der Waals surface area (Å²) in [4.78, 5) is 22.6. The molecule has 1 aromatic carbocycles. The standard InChI is InChI=1S/C12H14BrClN2O4/c1-2-19-6-11(17)15-16-12(18)7-20-10-4-3-8(14)5-9(10)13/h3-5H,2,6-7H2,1H3,(H,15,17)(H,16,18). The Morgan fingerprint density at radius 1 is 1.25 bits per heavy atom. The summed E-state index contributed by atoms with van der Waals surface area (Å²) in [6.45, 7) is 1.84. The normalized spacial score (nSPS) is 9.95. The van der Waals surface area contributed by atoms with E-state index >= 15 is 0 Å². The molecule has 6 nitrogen and oxygen atoms in total. The lowest BCUT2D eigenvalue weighted by atomic mass is 10.3. The van der Waals surface area contributed by atoms with E-state index in [0.29, 0.717) is 21.9 Å². The Kier molecular flexibility index (Phi) is 7.35. The van der Waals surface area contributed by atoms with Crippen LogP contribution in [-0.2, 0) is 14.3 Å². The maximum absolute atomic E-state index is 11.4. The average Bonchev–Trinajstić information content (AvgIpc) is 2.41. The van der Waals surface area contributed by atoms with Gasteiger partial charge in [-0.25, -0.2) is 0 Å². The second-order valence-electron chi connectivity index (χ2n) is 3.60. The molecule has 2 amide bonds. The molecule has 110 valence electrons. The maximum Gasteiger partial charge on any atom is 0.276 e. The Morgan fingerprint density at radius 3 is 2.50 bits per heavy atom. The summed E-state index contributed by atoms with van der Waals surface area (Å²) >= 11 is 9.04. The minimum Gasteiger partial charge on any atom is -0.483 e. The van der Waals surface area contributed by atoms with Crippen molar-refractivity contribution in [2.45, 2.75) is 6.92 Å². The van der Waals surface area contributed by atoms with Crippen molar-refractivity contribution in [1.82, 2.24) is 10.9 Å². The van der Waals surface area contributed by atoms with Gasteiger partial charge >= 0.3 is 0 Å². The van der Waals surface area contributed by atoms with Crippen molar-refractivity contribution in [1.29, 1.82) is 0 Å². The summed E-state index contributed by atoms with van der Waals surface area (Å²) in [5.74, 6) is -0.449. The molecule has 0 bridgehead atoms. The second kappa shape index (κ2) is 8.78. The van der Waals surface area contributed by atoms with Gasteiger partial charge in [-0.3, -0.25) is 20.4 Å². The van der Waals surface area contributed by atoms with Crippen LogP contribution >= 0.6 is 27.5 Å². The Balaban J connectivity index is 2.31. The van der Waals surface area contributed by atoms with E-state index in [-0.39, 0.29) is 13.2 Å². The zero-order valence-electron chi connectivity index (χ0n) is 10.7. The highest BCUT2D eigenvalue weighted by atomic mass is 79.9. The molecule has 1 aromatic rings. The third kappa shape index (κ3) is 6.23. The van der Waals surface area contributed by atoms with E-state index in [9.17, 15) is 9.59 Å². The zero-order valence-corrected chi connectivity index (χ0v) is 13.1. The van der Waals surface area contributed by atoms with Crippen LogP contribution in [0.4, 0.5) is 0 Å². The lowest BCUT2D eigenvalue weighted by Crippen LogP contribution is -2.45. The van der Waals surface area contributed by atoms with Crippen molar-refractivity contribution in [3.05, 3.63) is 27.7 Å². The van der Waals surface area contributed by atoms with Gasteiger partial charge in [0, 0.05) is 11.6 Å². The molecule has 20 heavy (non-hydrogen) atoms. The Hall–Kier alpha value is -1.31. The third-order valence-corrected chi connectivity index (χ3v) is 2.89. The summed E-state index contributed by atoms with van der Waals surface area (Å²) in [6.07, 6.45) is 0. The first kappa shape index (κ1) is 16.7. The van der Waals surface area contributed by atoms with Crippen LogP contribution in [0.15, 0.2) is 22.7 Å². The van der Waals surface area contributed by atoms with Crippen molar-refractivity contribution in [3.8, 4) is 5.75 Å². The second-order valence-corrected chi connectivity index (χ2v) is 4.89. The number of hydrazine groups is 1. The van der Waals surface area contributed by atoms with Gasteiger partial charge < -0.3 is 9.47 Å². The first-order chi connectivity index (χ1) is 9.52. The smallest absolute Gasteiger partial charge is 0.276 e. The topological polar surface area (TPSA) is 76.7 Å². The number of benzene rings is 1. The summed E-state index contributed by atoms with van der Waals surface area (Å²) < 4.78 is 10.8. The highest BCUT2D eigenvalue weighted by Gasteiger charge is 2.07. The van der Waals surface area contributed by atoms with E-state index in [1.807, 2.05) is 0 Å². The molecule has 0 unspecified atom stereocenters. The van der Waals surface area contributed by atoms with E-state index in [1.165, 1.54) is 0 Å². The minimum atomic E-state index is -0.489. The largest absolute Gasteiger partial charge is 0.483 e. The molecule has 0 saturated heterocycles. The van der Waals surface area contributed by atoms with E-state index in [2.05, 4.69) is 26.8 Å². The van der Waals surface area contributed by atoms with Crippen molar-refractivity contribution in [3.63, 3.8) is 0 Å². The van der Waals surface area contributed by atoms with Gasteiger partial charge in [0.05, 0.1) is 4.47 Å². The van der Waals surface area contributed by atoms with E-state index in [4.69, 9.17) is 21.1 Å². The molecule has 0 atom stereocenters. The molecule has 0 aliphatic carbocycles. The fraction of sp³-hybridized carbons (Fsp3) is 0.333. The van der Waals surface area contributed by atoms with Gasteiger partial charge in [0.2, 0.25) is 0 Å². The SMILES string of the molecule is CCOCC(=O)NNC(=O)COc1ccc(Cl)cc1Br. The van der Waals surface area contributed by atoms with Gasteiger partial charge in [-0.1, -0.05) is 11.6 Å². The van der Waals surface area contributed by atoms with Crippen molar-refractivity contribution in [2.75, 3.05) is 19.8 Å². The highest BCUT2D eigenvalue weighted by Crippen LogP contribution is 2.27. The van der Waals surface area contributed by atoms with Crippen molar-refractivity contribution in [2.24, 2.45) is 0 Å². The Labute approximate surface area is 129 Å². The first-order valence-electron chi connectivity index (χ1n) is 5.76. The summed E-state index contributed by atoms with van der Waals surface area (Å²) in [7, 11) is 0. The van der Waals surface area contributed by atoms with Crippen LogP contribution in [0.5, 0.6) is 5.75 Å². The molecule has 2 N–H and O–H groups in total. The highest BCUT2D eigenvalue weighted by molar-refractivity contribution is 9.10. The zero-order chi connectivity index (χ0) is 15.0. The van der Waals surface area contributed by atoms with Crippen LogP contribution < -0.4 is 15.6 Å². The molecule has 0 fully saturated rings. The Bertz CT molecular complexity index is 485. The number of halogens is 2. The van der Waals surface area contributed by atoms with Gasteiger partial charge in [0.1, 0.15) is 12.4 Å². The van der Waals surface area contributed by atoms with E-state index in [0.717, 1.165) is 0 Å². The fourth-order valence-electron chi connectivity index (χ4n) is 1.14. The number of ether oxygens (including phenoxy) is 2. The quantitative estimate of drug-likeness (QED) is 0.752. The molecular formula is C12H14BrClN2O4. The van der Waals surface area contributed by atoms with Gasteiger partial charge in [-0.05, 0) is 41.1 Å². The molecular weight excluding hydrogens is 351 g/mol. The lowest BCUT2D eigenvalue weighted by Gasteiger charge is -2.10. The molecule has 0 spiro atoms. The molecule has 0 aliphatic heterocycles. The number of carbonyl (C=O) groups is 2. The van der Waals surface area contributed by atoms with Crippen LogP contribution in [-0.4, -0.2) is 31.6 Å². The number of rotatable bonds is 6.